The normalized spacial score (nSPS) is 15.9. The number of fused-ring (bicyclic) bond motifs is 1. The molecule has 0 unspecified atom stereocenters. The Labute approximate surface area is 160 Å². The Bertz CT molecular complexity index is 1020. The zero-order valence-electron chi connectivity index (χ0n) is 14.5. The van der Waals surface area contributed by atoms with Crippen LogP contribution in [0.5, 0.6) is 0 Å². The van der Waals surface area contributed by atoms with Gasteiger partial charge < -0.3 is 10.1 Å². The average molecular weight is 382 g/mol. The third-order valence-corrected chi connectivity index (χ3v) is 4.69. The predicted molar refractivity (Wildman–Crippen MR) is 100.0 cm³/mol. The minimum Gasteiger partial charge on any atom is -0.457 e. The molecule has 2 aromatic carbocycles. The molecule has 1 N–H and O–H groups in total. The van der Waals surface area contributed by atoms with E-state index in [1.807, 2.05) is 48.5 Å². The average Bonchev–Trinajstić information content (AvgIpc) is 3.14. The van der Waals surface area contributed by atoms with Gasteiger partial charge in [0.25, 0.3) is 0 Å². The number of aromatic nitrogens is 4. The third kappa shape index (κ3) is 3.29. The molecule has 1 aliphatic heterocycles. The van der Waals surface area contributed by atoms with E-state index in [9.17, 15) is 4.79 Å². The highest BCUT2D eigenvalue weighted by Gasteiger charge is 2.35. The van der Waals surface area contributed by atoms with E-state index in [1.54, 1.807) is 13.0 Å². The fourth-order valence-electron chi connectivity index (χ4n) is 3.06. The van der Waals surface area contributed by atoms with Crippen LogP contribution in [0, 0.1) is 0 Å². The number of nitrogens with one attached hydrogen (secondary N) is 1. The summed E-state index contributed by atoms with van der Waals surface area (Å²) in [6.45, 7) is 1.97. The second kappa shape index (κ2) is 7.20. The topological polar surface area (TPSA) is 81.9 Å². The van der Waals surface area contributed by atoms with Gasteiger partial charge in [-0.3, -0.25) is 0 Å². The SMILES string of the molecule is CC1=C(C(=O)OCc2ccccc2)[C@@H](c2ccccc2Cl)n2nnnc2N1. The minimum atomic E-state index is -0.576. The first kappa shape index (κ1) is 17.2. The molecule has 0 saturated heterocycles. The van der Waals surface area contributed by atoms with Gasteiger partial charge in [0.1, 0.15) is 12.6 Å². The van der Waals surface area contributed by atoms with Crippen molar-refractivity contribution in [1.82, 2.24) is 20.2 Å². The van der Waals surface area contributed by atoms with E-state index in [-0.39, 0.29) is 6.61 Å². The van der Waals surface area contributed by atoms with Crippen molar-refractivity contribution in [2.75, 3.05) is 5.32 Å². The number of tetrazole rings is 1. The number of rotatable bonds is 4. The van der Waals surface area contributed by atoms with Crippen LogP contribution >= 0.6 is 11.6 Å². The molecular formula is C19H16ClN5O2. The summed E-state index contributed by atoms with van der Waals surface area (Å²) in [5.74, 6) is -0.00745. The van der Waals surface area contributed by atoms with Crippen molar-refractivity contribution >= 4 is 23.5 Å². The molecule has 8 heteroatoms. The van der Waals surface area contributed by atoms with Gasteiger partial charge in [0.2, 0.25) is 5.95 Å². The van der Waals surface area contributed by atoms with Crippen molar-refractivity contribution in [3.8, 4) is 0 Å². The molecule has 1 atom stereocenters. The van der Waals surface area contributed by atoms with Crippen LogP contribution in [-0.2, 0) is 16.1 Å². The van der Waals surface area contributed by atoms with Gasteiger partial charge in [-0.1, -0.05) is 65.2 Å². The zero-order valence-corrected chi connectivity index (χ0v) is 15.2. The molecule has 0 saturated carbocycles. The first-order valence-electron chi connectivity index (χ1n) is 8.36. The molecule has 4 rings (SSSR count). The summed E-state index contributed by atoms with van der Waals surface area (Å²) in [4.78, 5) is 13.0. The highest BCUT2D eigenvalue weighted by Crippen LogP contribution is 2.37. The minimum absolute atomic E-state index is 0.175. The lowest BCUT2D eigenvalue weighted by Crippen LogP contribution is -2.29. The standard InChI is InChI=1S/C19H16ClN5O2/c1-12-16(18(26)27-11-13-7-3-2-4-8-13)17(14-9-5-6-10-15(14)20)25-19(21-12)22-23-24-25/h2-10,17H,11H2,1H3,(H,21,22,24)/t17-/m1/s1. The number of nitrogens with zero attached hydrogens (tertiary/aromatic N) is 4. The lowest BCUT2D eigenvalue weighted by atomic mass is 9.96. The zero-order chi connectivity index (χ0) is 18.8. The van der Waals surface area contributed by atoms with Crippen LogP contribution in [0.2, 0.25) is 5.02 Å². The molecule has 0 bridgehead atoms. The molecule has 0 radical (unpaired) electrons. The van der Waals surface area contributed by atoms with E-state index in [0.717, 1.165) is 11.1 Å². The van der Waals surface area contributed by atoms with Crippen LogP contribution in [0.3, 0.4) is 0 Å². The molecular weight excluding hydrogens is 366 g/mol. The van der Waals surface area contributed by atoms with Gasteiger partial charge in [0.05, 0.1) is 5.57 Å². The molecule has 0 fully saturated rings. The maximum absolute atomic E-state index is 13.0. The van der Waals surface area contributed by atoms with Gasteiger partial charge in [0, 0.05) is 16.3 Å². The Morgan fingerprint density at radius 1 is 1.19 bits per heavy atom. The van der Waals surface area contributed by atoms with Crippen molar-refractivity contribution in [1.29, 1.82) is 0 Å². The fourth-order valence-corrected chi connectivity index (χ4v) is 3.30. The number of hydrogen-bond acceptors (Lipinski definition) is 6. The number of carbonyl (C=O) groups is 1. The summed E-state index contributed by atoms with van der Waals surface area (Å²) in [5.41, 5.74) is 2.67. The highest BCUT2D eigenvalue weighted by atomic mass is 35.5. The van der Waals surface area contributed by atoms with E-state index in [2.05, 4.69) is 20.8 Å². The van der Waals surface area contributed by atoms with Gasteiger partial charge in [-0.2, -0.15) is 4.68 Å². The van der Waals surface area contributed by atoms with Gasteiger partial charge in [0.15, 0.2) is 0 Å². The highest BCUT2D eigenvalue weighted by molar-refractivity contribution is 6.31. The number of halogens is 1. The molecule has 2 heterocycles. The van der Waals surface area contributed by atoms with Crippen molar-refractivity contribution in [3.63, 3.8) is 0 Å². The maximum Gasteiger partial charge on any atom is 0.338 e. The van der Waals surface area contributed by atoms with Gasteiger partial charge >= 0.3 is 5.97 Å². The number of hydrogen-bond donors (Lipinski definition) is 1. The third-order valence-electron chi connectivity index (χ3n) is 4.35. The van der Waals surface area contributed by atoms with Crippen molar-refractivity contribution < 1.29 is 9.53 Å². The molecule has 0 spiro atoms. The summed E-state index contributed by atoms with van der Waals surface area (Å²) >= 11 is 6.40. The van der Waals surface area contributed by atoms with E-state index < -0.39 is 12.0 Å². The second-order valence-corrected chi connectivity index (χ2v) is 6.50. The van der Waals surface area contributed by atoms with Crippen LogP contribution in [-0.4, -0.2) is 26.2 Å². The lowest BCUT2D eigenvalue weighted by molar-refractivity contribution is -0.140. The Hall–Kier alpha value is -3.19. The Morgan fingerprint density at radius 3 is 2.70 bits per heavy atom. The molecule has 1 aromatic heterocycles. The molecule has 1 aliphatic rings. The number of esters is 1. The predicted octanol–water partition coefficient (Wildman–Crippen LogP) is 3.36. The van der Waals surface area contributed by atoms with Gasteiger partial charge in [-0.05, 0) is 29.0 Å². The first-order chi connectivity index (χ1) is 13.1. The van der Waals surface area contributed by atoms with Crippen molar-refractivity contribution in [2.24, 2.45) is 0 Å². The molecule has 0 aliphatic carbocycles. The van der Waals surface area contributed by atoms with E-state index in [1.165, 1.54) is 4.68 Å². The molecule has 7 nitrogen and oxygen atoms in total. The molecule has 3 aromatic rings. The summed E-state index contributed by atoms with van der Waals surface area (Å²) < 4.78 is 7.09. The summed E-state index contributed by atoms with van der Waals surface area (Å²) in [5, 5.41) is 15.3. The molecule has 0 amide bonds. The summed E-state index contributed by atoms with van der Waals surface area (Å²) in [7, 11) is 0. The molecule has 27 heavy (non-hydrogen) atoms. The Kier molecular flexibility index (Phi) is 4.60. The molecule has 136 valence electrons. The smallest absolute Gasteiger partial charge is 0.338 e. The number of anilines is 1. The van der Waals surface area contributed by atoms with Gasteiger partial charge in [-0.25, -0.2) is 4.79 Å². The van der Waals surface area contributed by atoms with Crippen LogP contribution in [0.15, 0.2) is 65.9 Å². The number of ether oxygens (including phenoxy) is 1. The Balaban J connectivity index is 1.70. The number of carbonyl (C=O) groups excluding carboxylic acids is 1. The van der Waals surface area contributed by atoms with Crippen LogP contribution in [0.4, 0.5) is 5.95 Å². The van der Waals surface area contributed by atoms with Crippen molar-refractivity contribution in [2.45, 2.75) is 19.6 Å². The van der Waals surface area contributed by atoms with E-state index in [4.69, 9.17) is 16.3 Å². The fraction of sp³-hybridized carbons (Fsp3) is 0.158. The van der Waals surface area contributed by atoms with Crippen LogP contribution in [0.25, 0.3) is 0 Å². The summed E-state index contributed by atoms with van der Waals surface area (Å²) in [6.07, 6.45) is 0. The maximum atomic E-state index is 13.0. The number of allylic oxidation sites excluding steroid dienone is 1. The number of benzene rings is 2. The lowest BCUT2D eigenvalue weighted by Gasteiger charge is -2.27. The van der Waals surface area contributed by atoms with Crippen LogP contribution < -0.4 is 5.32 Å². The second-order valence-electron chi connectivity index (χ2n) is 6.10. The van der Waals surface area contributed by atoms with E-state index >= 15 is 0 Å². The Morgan fingerprint density at radius 2 is 1.93 bits per heavy atom. The largest absolute Gasteiger partial charge is 0.457 e. The monoisotopic (exact) mass is 381 g/mol. The van der Waals surface area contributed by atoms with E-state index in [0.29, 0.717) is 22.2 Å². The van der Waals surface area contributed by atoms with Crippen molar-refractivity contribution in [3.05, 3.63) is 82.0 Å². The first-order valence-corrected chi connectivity index (χ1v) is 8.74. The summed E-state index contributed by atoms with van der Waals surface area (Å²) in [6, 6.07) is 16.2. The van der Waals surface area contributed by atoms with Gasteiger partial charge in [-0.15, -0.1) is 0 Å². The quantitative estimate of drug-likeness (QED) is 0.698. The van der Waals surface area contributed by atoms with Crippen LogP contribution in [0.1, 0.15) is 24.1 Å².